The second-order valence-corrected chi connectivity index (χ2v) is 33.8. The van der Waals surface area contributed by atoms with Gasteiger partial charge in [-0.25, -0.2) is 65.0 Å². The number of hydrogen-bond donors (Lipinski definition) is 4. The fraction of sp³-hybridized carbons (Fsp3) is 0.302. The number of aromatic hydroxyl groups is 3. The molecule has 672 valence electrons. The number of rotatable bonds is 12. The maximum atomic E-state index is 16.9. The molecule has 3 unspecified atom stereocenters. The van der Waals surface area contributed by atoms with Crippen LogP contribution in [-0.2, 0) is 14.4 Å². The molecule has 3 atom stereocenters. The first-order valence-corrected chi connectivity index (χ1v) is 43.0. The summed E-state index contributed by atoms with van der Waals surface area (Å²) in [6.07, 6.45) is 9.64. The first-order chi connectivity index (χ1) is 62.9. The van der Waals surface area contributed by atoms with E-state index in [0.717, 1.165) is 17.7 Å². The number of carbonyl (C=O) groups excluding carboxylic acids is 3. The number of phenols is 3. The third-order valence-electron chi connectivity index (χ3n) is 24.7. The Labute approximate surface area is 746 Å². The summed E-state index contributed by atoms with van der Waals surface area (Å²) in [7, 11) is 0. The molecule has 0 radical (unpaired) electrons. The summed E-state index contributed by atoms with van der Waals surface area (Å²) < 4.78 is 96.5. The van der Waals surface area contributed by atoms with E-state index in [1.165, 1.54) is 62.3 Å². The first kappa shape index (κ1) is 88.0. The number of nitrogens with one attached hydrogen (secondary N) is 1. The molecule has 9 aromatic heterocycles. The minimum atomic E-state index is -0.993. The van der Waals surface area contributed by atoms with Gasteiger partial charge in [0.25, 0.3) is 0 Å². The topological polar surface area (TPSA) is 344 Å². The van der Waals surface area contributed by atoms with Crippen molar-refractivity contribution in [1.82, 2.24) is 73.3 Å². The molecule has 0 aliphatic carbocycles. The van der Waals surface area contributed by atoms with Crippen molar-refractivity contribution in [1.29, 1.82) is 0 Å². The van der Waals surface area contributed by atoms with E-state index in [4.69, 9.17) is 14.5 Å². The van der Waals surface area contributed by atoms with Crippen molar-refractivity contribution in [2.75, 3.05) is 98.7 Å². The molecule has 131 heavy (non-hydrogen) atoms. The van der Waals surface area contributed by atoms with Crippen LogP contribution in [0.3, 0.4) is 0 Å². The molecule has 6 aliphatic heterocycles. The number of ether oxygens (including phenoxy) is 2. The standard InChI is InChI=1S/C34H31FN6O4.C31H31F2N7O3.C31H30F2N6O4/c1-5-25(43)39-12-13-40-21(16-39)17-45-31-26-32(40)38-34(44)41(30-19(4)10-11-36-28(30)18(2)3)33(26)37-29(27(31)35)24-15-22(42)14-20-8-6-7-9-23(20)24;1-5-21(42)38-13-14-39-18(15-38)10-12-35-26-23-29(39)37-31(43)40(28-17(4)9-11-34-25(28)16(2)3)30(23)36-27(24(26)33)22-19(32)7-6-8-20(22)41;1-5-21(41)37-12-13-38-18(15-37)10-14-43-28-23-29(38)36-31(42)39(27-17(4)9-11-34-25(27)16(2)3)30(23)35-26(24(28)33)22-19(32)7-6-8-20(22)40/h5-11,14-15,18,21,42H,1,12-13,16-17H2,2-4H3;5-9,11,16,18,35,41H,1,10,12-15H2,2-4H3;5-9,11,16,18,40H,1,10,12-15H2,2-4H3. The van der Waals surface area contributed by atoms with Gasteiger partial charge < -0.3 is 59.5 Å². The second kappa shape index (κ2) is 35.2. The van der Waals surface area contributed by atoms with Crippen molar-refractivity contribution in [3.05, 3.63) is 242 Å². The van der Waals surface area contributed by atoms with Gasteiger partial charge in [-0.1, -0.05) is 97.7 Å². The predicted octanol–water partition coefficient (Wildman–Crippen LogP) is 13.4. The van der Waals surface area contributed by atoms with Crippen molar-refractivity contribution in [2.45, 2.75) is 111 Å². The van der Waals surface area contributed by atoms with E-state index < -0.39 is 86.2 Å². The molecule has 30 nitrogen and oxygen atoms in total. The third kappa shape index (κ3) is 15.5. The number of phenolic OH excluding ortho intramolecular Hbond substituents is 3. The van der Waals surface area contributed by atoms with Gasteiger partial charge >= 0.3 is 17.1 Å². The second-order valence-electron chi connectivity index (χ2n) is 33.8. The van der Waals surface area contributed by atoms with Crippen molar-refractivity contribution < 1.29 is 61.1 Å². The van der Waals surface area contributed by atoms with Crippen LogP contribution in [0.4, 0.5) is 45.1 Å². The lowest BCUT2D eigenvalue weighted by atomic mass is 10.00. The number of hydrogen-bond acceptors (Lipinski definition) is 24. The zero-order valence-corrected chi connectivity index (χ0v) is 73.2. The van der Waals surface area contributed by atoms with E-state index >= 15 is 22.0 Å². The van der Waals surface area contributed by atoms with E-state index in [1.807, 2.05) is 107 Å². The predicted molar refractivity (Wildman–Crippen MR) is 486 cm³/mol. The number of aromatic nitrogens is 12. The molecular weight excluding hydrogens is 1690 g/mol. The van der Waals surface area contributed by atoms with Crippen LogP contribution in [0, 0.1) is 49.9 Å². The Morgan fingerprint density at radius 2 is 0.878 bits per heavy atom. The van der Waals surface area contributed by atoms with Crippen LogP contribution >= 0.6 is 0 Å². The quantitative estimate of drug-likeness (QED) is 0.0652. The number of pyridine rings is 6. The third-order valence-corrected chi connectivity index (χ3v) is 24.7. The van der Waals surface area contributed by atoms with Crippen LogP contribution < -0.4 is 46.6 Å². The molecule has 13 aromatic rings. The SMILES string of the molecule is C=CC(=O)N1CCN2c3nc(=O)n(-c4c(C)ccnc4C(C)C)c4nc(-c5c(O)cccc5F)c(F)c(c34)NCCC2C1.C=CC(=O)N1CCN2c3nc(=O)n(-c4c(C)ccnc4C(C)C)c4nc(-c5c(O)cccc5F)c(F)c(c34)OCCC2C1.C=CC(=O)N1CCN2c3nc(=O)n(-c4c(C)ccnc4C(C)C)c4nc(-c5cc(O)cc6ccccc56)c(F)c(c34)OCC2C1. The molecule has 0 bridgehead atoms. The zero-order chi connectivity index (χ0) is 92.7. The van der Waals surface area contributed by atoms with Gasteiger partial charge in [0.15, 0.2) is 45.9 Å². The largest absolute Gasteiger partial charge is 0.508 e. The monoisotopic (exact) mass is 1780 g/mol. The molecule has 6 aliphatic rings. The van der Waals surface area contributed by atoms with E-state index in [-0.39, 0.29) is 147 Å². The number of piperazine rings is 3. The number of halogens is 5. The summed E-state index contributed by atoms with van der Waals surface area (Å²) in [5, 5.41) is 37.0. The highest BCUT2D eigenvalue weighted by atomic mass is 19.1. The van der Waals surface area contributed by atoms with Crippen molar-refractivity contribution in [2.24, 2.45) is 0 Å². The Hall–Kier alpha value is -15.1. The number of nitrogens with zero attached hydrogens (tertiary/aromatic N) is 18. The van der Waals surface area contributed by atoms with Gasteiger partial charge in [0, 0.05) is 102 Å². The summed E-state index contributed by atoms with van der Waals surface area (Å²) in [6.45, 7) is 31.4. The Morgan fingerprint density at radius 1 is 0.473 bits per heavy atom. The van der Waals surface area contributed by atoms with Gasteiger partial charge in [-0.15, -0.1) is 0 Å². The average molecular weight is 1780 g/mol. The lowest BCUT2D eigenvalue weighted by Gasteiger charge is -2.43. The normalized spacial score (nSPS) is 16.3. The Morgan fingerprint density at radius 3 is 1.34 bits per heavy atom. The van der Waals surface area contributed by atoms with Gasteiger partial charge in [-0.3, -0.25) is 29.3 Å². The number of carbonyl (C=O) groups is 3. The van der Waals surface area contributed by atoms with Gasteiger partial charge in [0.2, 0.25) is 17.7 Å². The number of benzene rings is 4. The molecule has 4 N–H and O–H groups in total. The highest BCUT2D eigenvalue weighted by molar-refractivity contribution is 6.04. The fourth-order valence-corrected chi connectivity index (χ4v) is 18.5. The van der Waals surface area contributed by atoms with E-state index in [1.54, 1.807) is 51.5 Å². The van der Waals surface area contributed by atoms with E-state index in [2.05, 4.69) is 64.9 Å². The van der Waals surface area contributed by atoms with Crippen LogP contribution in [0.15, 0.2) is 162 Å². The minimum Gasteiger partial charge on any atom is -0.508 e. The smallest absolute Gasteiger partial charge is 0.355 e. The van der Waals surface area contributed by atoms with Gasteiger partial charge in [-0.05, 0) is 145 Å². The minimum absolute atomic E-state index is 0.00501. The summed E-state index contributed by atoms with van der Waals surface area (Å²) in [4.78, 5) is 132. The highest BCUT2D eigenvalue weighted by Crippen LogP contribution is 2.49. The van der Waals surface area contributed by atoms with Crippen molar-refractivity contribution in [3.8, 4) is 79.6 Å². The van der Waals surface area contributed by atoms with E-state index in [0.29, 0.717) is 133 Å². The Bertz CT molecular complexity index is 6840. The molecule has 0 spiro atoms. The lowest BCUT2D eigenvalue weighted by molar-refractivity contribution is -0.127. The van der Waals surface area contributed by atoms with Crippen LogP contribution in [0.2, 0.25) is 0 Å². The van der Waals surface area contributed by atoms with Crippen LogP contribution in [-0.4, -0.2) is 203 Å². The first-order valence-electron chi connectivity index (χ1n) is 43.0. The maximum absolute atomic E-state index is 16.9. The van der Waals surface area contributed by atoms with Gasteiger partial charge in [0.05, 0.1) is 75.0 Å². The molecule has 35 heteroatoms. The Balaban J connectivity index is 0.000000138. The molecular formula is C96H92F5N19O11. The number of fused-ring (bicyclic) bond motifs is 7. The van der Waals surface area contributed by atoms with Crippen LogP contribution in [0.5, 0.6) is 28.7 Å². The van der Waals surface area contributed by atoms with Crippen molar-refractivity contribution >= 4 is 84.7 Å². The maximum Gasteiger partial charge on any atom is 0.355 e. The summed E-state index contributed by atoms with van der Waals surface area (Å²) in [5.74, 6) is -6.05. The highest BCUT2D eigenvalue weighted by Gasteiger charge is 2.43. The molecule has 3 amide bonds. The molecule has 15 heterocycles. The molecule has 4 aromatic carbocycles. The van der Waals surface area contributed by atoms with Crippen LogP contribution in [0.1, 0.15) is 106 Å². The van der Waals surface area contributed by atoms with Gasteiger partial charge in [-0.2, -0.15) is 15.0 Å². The molecule has 0 saturated carbocycles. The summed E-state index contributed by atoms with van der Waals surface area (Å²) >= 11 is 0. The molecule has 19 rings (SSSR count). The zero-order valence-electron chi connectivity index (χ0n) is 73.2. The number of amides is 3. The van der Waals surface area contributed by atoms with E-state index in [9.17, 15) is 44.1 Å². The number of aryl methyl sites for hydroxylation is 3. The van der Waals surface area contributed by atoms with Crippen LogP contribution in [0.25, 0.3) is 94.7 Å². The van der Waals surface area contributed by atoms with Crippen molar-refractivity contribution in [3.63, 3.8) is 0 Å². The molecule has 3 fully saturated rings. The fourth-order valence-electron chi connectivity index (χ4n) is 18.5. The molecule has 3 saturated heterocycles. The summed E-state index contributed by atoms with van der Waals surface area (Å²) in [6, 6.07) is 22.0. The Kier molecular flexibility index (Phi) is 23.6. The number of anilines is 4. The van der Waals surface area contributed by atoms with Gasteiger partial charge in [0.1, 0.15) is 80.8 Å². The lowest BCUT2D eigenvalue weighted by Crippen LogP contribution is -2.56. The summed E-state index contributed by atoms with van der Waals surface area (Å²) in [5.41, 5.74) is 2.10. The average Bonchev–Trinajstić information content (AvgIpc) is 1.48.